The summed E-state index contributed by atoms with van der Waals surface area (Å²) in [7, 11) is 3.10. The fourth-order valence-electron chi connectivity index (χ4n) is 2.79. The number of amides is 1. The molecule has 2 rings (SSSR count). The van der Waals surface area contributed by atoms with Crippen LogP contribution in [0.1, 0.15) is 18.4 Å². The molecule has 0 spiro atoms. The van der Waals surface area contributed by atoms with Gasteiger partial charge in [-0.3, -0.25) is 9.69 Å². The molecular formula is C17H22ClF5N2O3. The Kier molecular flexibility index (Phi) is 8.75. The Labute approximate surface area is 165 Å². The quantitative estimate of drug-likeness (QED) is 0.641. The number of nitrogens with one attached hydrogen (secondary N) is 1. The van der Waals surface area contributed by atoms with E-state index in [1.54, 1.807) is 0 Å². The summed E-state index contributed by atoms with van der Waals surface area (Å²) in [6.07, 6.45) is -2.30. The molecular weight excluding hydrogens is 411 g/mol. The van der Waals surface area contributed by atoms with Crippen LogP contribution < -0.4 is 14.8 Å². The first-order chi connectivity index (χ1) is 12.7. The Morgan fingerprint density at radius 1 is 1.36 bits per heavy atom. The zero-order valence-electron chi connectivity index (χ0n) is 15.3. The van der Waals surface area contributed by atoms with E-state index in [1.807, 2.05) is 11.9 Å². The van der Waals surface area contributed by atoms with Gasteiger partial charge in [0.2, 0.25) is 5.91 Å². The highest BCUT2D eigenvalue weighted by Crippen LogP contribution is 2.30. The number of hydrogen-bond donors (Lipinski definition) is 1. The molecule has 0 unspecified atom stereocenters. The van der Waals surface area contributed by atoms with Crippen molar-refractivity contribution in [1.29, 1.82) is 0 Å². The topological polar surface area (TPSA) is 50.8 Å². The maximum absolute atomic E-state index is 14.1. The molecule has 1 aromatic carbocycles. The maximum Gasteiger partial charge on any atom is 0.340 e. The third-order valence-corrected chi connectivity index (χ3v) is 4.35. The summed E-state index contributed by atoms with van der Waals surface area (Å²) >= 11 is 0. The zero-order valence-corrected chi connectivity index (χ0v) is 16.1. The van der Waals surface area contributed by atoms with E-state index in [2.05, 4.69) is 10.1 Å². The number of methoxy groups -OCH3 is 1. The predicted octanol–water partition coefficient (Wildman–Crippen LogP) is 3.25. The highest BCUT2D eigenvalue weighted by atomic mass is 35.5. The van der Waals surface area contributed by atoms with Gasteiger partial charge in [-0.05, 0) is 32.5 Å². The summed E-state index contributed by atoms with van der Waals surface area (Å²) in [6, 6.07) is 1.67. The highest BCUT2D eigenvalue weighted by molar-refractivity contribution is 5.85. The number of hydrogen-bond acceptors (Lipinski definition) is 4. The lowest BCUT2D eigenvalue weighted by Crippen LogP contribution is -2.41. The van der Waals surface area contributed by atoms with E-state index in [0.29, 0.717) is 0 Å². The molecule has 1 atom stereocenters. The van der Waals surface area contributed by atoms with Crippen LogP contribution in [0.5, 0.6) is 11.5 Å². The van der Waals surface area contributed by atoms with Gasteiger partial charge in [0.15, 0.2) is 18.2 Å². The Bertz CT molecular complexity index is 678. The van der Waals surface area contributed by atoms with Crippen LogP contribution in [0.3, 0.4) is 0 Å². The number of alkyl halides is 4. The lowest BCUT2D eigenvalue weighted by molar-refractivity contribution is -0.148. The Balaban J connectivity index is 0.00000392. The second-order valence-electron chi connectivity index (χ2n) is 6.30. The Hall–Kier alpha value is -1.81. The molecule has 5 nitrogen and oxygen atoms in total. The van der Waals surface area contributed by atoms with Gasteiger partial charge in [0.25, 0.3) is 0 Å². The van der Waals surface area contributed by atoms with Gasteiger partial charge in [-0.15, -0.1) is 12.4 Å². The lowest BCUT2D eigenvalue weighted by atomic mass is 10.1. The highest BCUT2D eigenvalue weighted by Gasteiger charge is 2.42. The van der Waals surface area contributed by atoms with Crippen molar-refractivity contribution in [3.8, 4) is 11.5 Å². The van der Waals surface area contributed by atoms with Crippen molar-refractivity contribution in [2.45, 2.75) is 37.8 Å². The number of halogens is 6. The summed E-state index contributed by atoms with van der Waals surface area (Å²) in [6.45, 7) is -0.906. The molecule has 1 amide bonds. The SMILES string of the molecule is COc1cc(OCC(F)(F)C(F)F)c(F)cc1CNC(=O)[C@@H]1CCCN1C.Cl. The van der Waals surface area contributed by atoms with Crippen molar-refractivity contribution in [2.75, 3.05) is 27.3 Å². The first-order valence-electron chi connectivity index (χ1n) is 8.29. The predicted molar refractivity (Wildman–Crippen MR) is 94.1 cm³/mol. The van der Waals surface area contributed by atoms with E-state index in [-0.39, 0.29) is 42.2 Å². The normalized spacial score (nSPS) is 17.4. The van der Waals surface area contributed by atoms with Crippen molar-refractivity contribution in [3.63, 3.8) is 0 Å². The fraction of sp³-hybridized carbons (Fsp3) is 0.588. The van der Waals surface area contributed by atoms with Gasteiger partial charge in [0, 0.05) is 18.2 Å². The van der Waals surface area contributed by atoms with Gasteiger partial charge < -0.3 is 14.8 Å². The number of carbonyl (C=O) groups excluding carboxylic acids is 1. The van der Waals surface area contributed by atoms with Gasteiger partial charge in [0.05, 0.1) is 13.2 Å². The zero-order chi connectivity index (χ0) is 20.2. The first-order valence-corrected chi connectivity index (χ1v) is 8.29. The summed E-state index contributed by atoms with van der Waals surface area (Å²) in [5.41, 5.74) is 0.261. The fourth-order valence-corrected chi connectivity index (χ4v) is 2.79. The second-order valence-corrected chi connectivity index (χ2v) is 6.30. The number of benzene rings is 1. The average Bonchev–Trinajstić information content (AvgIpc) is 3.04. The van der Waals surface area contributed by atoms with Crippen molar-refractivity contribution in [2.24, 2.45) is 0 Å². The van der Waals surface area contributed by atoms with Gasteiger partial charge >= 0.3 is 12.3 Å². The summed E-state index contributed by atoms with van der Waals surface area (Å²) < 4.78 is 73.9. The van der Waals surface area contributed by atoms with Crippen LogP contribution in [0, 0.1) is 5.82 Å². The Morgan fingerprint density at radius 2 is 2.04 bits per heavy atom. The number of carbonyl (C=O) groups is 1. The number of nitrogens with zero attached hydrogens (tertiary/aromatic N) is 1. The van der Waals surface area contributed by atoms with Gasteiger partial charge in [-0.2, -0.15) is 8.78 Å². The van der Waals surface area contributed by atoms with Crippen LogP contribution in [0.2, 0.25) is 0 Å². The third-order valence-electron chi connectivity index (χ3n) is 4.35. The van der Waals surface area contributed by atoms with Crippen molar-refractivity contribution < 1.29 is 36.2 Å². The van der Waals surface area contributed by atoms with Crippen LogP contribution in [0.25, 0.3) is 0 Å². The van der Waals surface area contributed by atoms with Gasteiger partial charge in [-0.25, -0.2) is 13.2 Å². The molecule has 28 heavy (non-hydrogen) atoms. The third kappa shape index (κ3) is 5.84. The molecule has 1 N–H and O–H groups in total. The molecule has 0 radical (unpaired) electrons. The van der Waals surface area contributed by atoms with Crippen LogP contribution in [-0.2, 0) is 11.3 Å². The van der Waals surface area contributed by atoms with Crippen LogP contribution in [0.15, 0.2) is 12.1 Å². The number of ether oxygens (including phenoxy) is 2. The van der Waals surface area contributed by atoms with Crippen LogP contribution in [0.4, 0.5) is 22.0 Å². The second kappa shape index (κ2) is 10.1. The van der Waals surface area contributed by atoms with E-state index in [4.69, 9.17) is 4.74 Å². The minimum atomic E-state index is -4.40. The molecule has 0 saturated carbocycles. The molecule has 1 heterocycles. The standard InChI is InChI=1S/C17H21F5N2O3.ClH/c1-24-5-3-4-12(24)15(25)23-8-10-6-11(18)14(7-13(10)26-2)27-9-17(21,22)16(19)20;/h6-7,12,16H,3-5,8-9H2,1-2H3,(H,23,25);1H/t12-;/m0./s1. The molecule has 1 saturated heterocycles. The number of likely N-dealkylation sites (tertiary alicyclic amines) is 1. The molecule has 0 bridgehead atoms. The van der Waals surface area contributed by atoms with E-state index in [0.717, 1.165) is 31.5 Å². The van der Waals surface area contributed by atoms with Gasteiger partial charge in [-0.1, -0.05) is 0 Å². The van der Waals surface area contributed by atoms with Crippen LogP contribution in [-0.4, -0.2) is 56.5 Å². The maximum atomic E-state index is 14.1. The lowest BCUT2D eigenvalue weighted by Gasteiger charge is -2.20. The number of likely N-dealkylation sites (N-methyl/N-ethyl adjacent to an activating group) is 1. The minimum absolute atomic E-state index is 0. The van der Waals surface area contributed by atoms with Crippen molar-refractivity contribution >= 4 is 18.3 Å². The molecule has 1 aromatic rings. The molecule has 1 aliphatic heterocycles. The minimum Gasteiger partial charge on any atom is -0.496 e. The first kappa shape index (κ1) is 24.2. The summed E-state index contributed by atoms with van der Waals surface area (Å²) in [4.78, 5) is 14.1. The molecule has 11 heteroatoms. The molecule has 0 aromatic heterocycles. The smallest absolute Gasteiger partial charge is 0.340 e. The van der Waals surface area contributed by atoms with Crippen molar-refractivity contribution in [1.82, 2.24) is 10.2 Å². The summed E-state index contributed by atoms with van der Waals surface area (Å²) in [5, 5.41) is 2.68. The molecule has 1 fully saturated rings. The van der Waals surface area contributed by atoms with E-state index < -0.39 is 30.5 Å². The van der Waals surface area contributed by atoms with E-state index in [9.17, 15) is 26.7 Å². The Morgan fingerprint density at radius 3 is 2.57 bits per heavy atom. The van der Waals surface area contributed by atoms with Crippen LogP contribution >= 0.6 is 12.4 Å². The van der Waals surface area contributed by atoms with E-state index in [1.165, 1.54) is 7.11 Å². The average molecular weight is 433 g/mol. The van der Waals surface area contributed by atoms with Gasteiger partial charge in [0.1, 0.15) is 5.75 Å². The summed E-state index contributed by atoms with van der Waals surface area (Å²) in [5.74, 6) is -6.21. The largest absolute Gasteiger partial charge is 0.496 e. The molecule has 0 aliphatic carbocycles. The molecule has 1 aliphatic rings. The molecule has 160 valence electrons. The number of rotatable bonds is 8. The van der Waals surface area contributed by atoms with Crippen molar-refractivity contribution in [3.05, 3.63) is 23.5 Å². The monoisotopic (exact) mass is 432 g/mol. The van der Waals surface area contributed by atoms with E-state index >= 15 is 0 Å².